The van der Waals surface area contributed by atoms with Crippen molar-refractivity contribution in [3.63, 3.8) is 0 Å². The molecule has 3 nitrogen and oxygen atoms in total. The van der Waals surface area contributed by atoms with Crippen molar-refractivity contribution < 1.29 is 17.9 Å². The second-order valence-electron chi connectivity index (χ2n) is 3.25. The van der Waals surface area contributed by atoms with Gasteiger partial charge in [-0.15, -0.1) is 13.2 Å². The van der Waals surface area contributed by atoms with E-state index < -0.39 is 6.36 Å². The molecule has 0 aliphatic rings. The summed E-state index contributed by atoms with van der Waals surface area (Å²) in [6.07, 6.45) is -1.28. The lowest BCUT2D eigenvalue weighted by molar-refractivity contribution is -0.323. The van der Waals surface area contributed by atoms with Crippen LogP contribution >= 0.6 is 0 Å². The molecule has 0 aromatic carbocycles. The van der Waals surface area contributed by atoms with E-state index in [0.717, 1.165) is 5.56 Å². The molecule has 1 atom stereocenters. The van der Waals surface area contributed by atoms with Gasteiger partial charge in [-0.2, -0.15) is 0 Å². The van der Waals surface area contributed by atoms with Crippen molar-refractivity contribution in [2.45, 2.75) is 19.3 Å². The van der Waals surface area contributed by atoms with E-state index in [-0.39, 0.29) is 19.2 Å². The number of rotatable bonds is 5. The standard InChI is InChI=1S/C10H13F3N2O/c1-8(9-2-4-14-5-3-9)15-6-7-16-10(11,12)13/h2-5,8,15H,6-7H2,1H3/t8-/m0/s1. The summed E-state index contributed by atoms with van der Waals surface area (Å²) in [6.45, 7) is 1.62. The Morgan fingerprint density at radius 2 is 2.00 bits per heavy atom. The Hall–Kier alpha value is -1.14. The first-order valence-corrected chi connectivity index (χ1v) is 4.83. The lowest BCUT2D eigenvalue weighted by Crippen LogP contribution is -2.26. The summed E-state index contributed by atoms with van der Waals surface area (Å²) in [6, 6.07) is 3.59. The number of hydrogen-bond donors (Lipinski definition) is 1. The number of ether oxygens (including phenoxy) is 1. The molecular weight excluding hydrogens is 221 g/mol. The third-order valence-electron chi connectivity index (χ3n) is 2.02. The Labute approximate surface area is 91.6 Å². The summed E-state index contributed by atoms with van der Waals surface area (Å²) in [5.41, 5.74) is 0.974. The highest BCUT2D eigenvalue weighted by atomic mass is 19.4. The Bertz CT molecular complexity index is 303. The molecule has 1 aromatic rings. The average molecular weight is 234 g/mol. The fraction of sp³-hybridized carbons (Fsp3) is 0.500. The van der Waals surface area contributed by atoms with Crippen molar-refractivity contribution in [3.8, 4) is 0 Å². The summed E-state index contributed by atoms with van der Waals surface area (Å²) in [7, 11) is 0. The van der Waals surface area contributed by atoms with E-state index in [9.17, 15) is 13.2 Å². The van der Waals surface area contributed by atoms with E-state index in [0.29, 0.717) is 0 Å². The third-order valence-corrected chi connectivity index (χ3v) is 2.02. The van der Waals surface area contributed by atoms with Crippen molar-refractivity contribution in [1.82, 2.24) is 10.3 Å². The zero-order chi connectivity index (χ0) is 12.0. The minimum Gasteiger partial charge on any atom is -0.308 e. The molecular formula is C10H13F3N2O. The molecule has 0 saturated heterocycles. The van der Waals surface area contributed by atoms with Crippen molar-refractivity contribution in [3.05, 3.63) is 30.1 Å². The SMILES string of the molecule is C[C@H](NCCOC(F)(F)F)c1ccncc1. The molecule has 0 unspecified atom stereocenters. The number of alkyl halides is 3. The van der Waals surface area contributed by atoms with Gasteiger partial charge in [-0.25, -0.2) is 0 Å². The minimum absolute atomic E-state index is 0.0279. The van der Waals surface area contributed by atoms with Crippen LogP contribution in [0.15, 0.2) is 24.5 Å². The largest absolute Gasteiger partial charge is 0.522 e. The maximum atomic E-state index is 11.6. The number of pyridine rings is 1. The zero-order valence-corrected chi connectivity index (χ0v) is 8.79. The summed E-state index contributed by atoms with van der Waals surface area (Å²) in [4.78, 5) is 3.86. The first-order chi connectivity index (χ1) is 7.49. The van der Waals surface area contributed by atoms with Gasteiger partial charge in [-0.1, -0.05) is 0 Å². The summed E-state index contributed by atoms with van der Waals surface area (Å²) >= 11 is 0. The van der Waals surface area contributed by atoms with E-state index >= 15 is 0 Å². The molecule has 0 spiro atoms. The van der Waals surface area contributed by atoms with Crippen LogP contribution in [0.5, 0.6) is 0 Å². The van der Waals surface area contributed by atoms with Gasteiger partial charge in [0.15, 0.2) is 0 Å². The molecule has 0 aliphatic heterocycles. The van der Waals surface area contributed by atoms with Crippen molar-refractivity contribution >= 4 is 0 Å². The van der Waals surface area contributed by atoms with E-state index in [4.69, 9.17) is 0 Å². The normalized spacial score (nSPS) is 13.8. The minimum atomic E-state index is -4.55. The van der Waals surface area contributed by atoms with Gasteiger partial charge in [-0.3, -0.25) is 9.72 Å². The van der Waals surface area contributed by atoms with Gasteiger partial charge in [0.25, 0.3) is 0 Å². The third kappa shape index (κ3) is 5.09. The number of nitrogens with zero attached hydrogens (tertiary/aromatic N) is 1. The van der Waals surface area contributed by atoms with Gasteiger partial charge in [0.2, 0.25) is 0 Å². The van der Waals surface area contributed by atoms with E-state index in [2.05, 4.69) is 15.0 Å². The fourth-order valence-electron chi connectivity index (χ4n) is 1.21. The molecule has 0 saturated carbocycles. The molecule has 0 aliphatic carbocycles. The van der Waals surface area contributed by atoms with Crippen LogP contribution in [0, 0.1) is 0 Å². The van der Waals surface area contributed by atoms with Gasteiger partial charge < -0.3 is 5.32 Å². The lowest BCUT2D eigenvalue weighted by atomic mass is 10.1. The van der Waals surface area contributed by atoms with Crippen LogP contribution in [-0.2, 0) is 4.74 Å². The molecule has 6 heteroatoms. The van der Waals surface area contributed by atoms with Crippen molar-refractivity contribution in [2.24, 2.45) is 0 Å². The maximum Gasteiger partial charge on any atom is 0.522 e. The summed E-state index contributed by atoms with van der Waals surface area (Å²) in [5.74, 6) is 0. The quantitative estimate of drug-likeness (QED) is 0.793. The molecule has 0 bridgehead atoms. The Morgan fingerprint density at radius 3 is 2.56 bits per heavy atom. The summed E-state index contributed by atoms with van der Waals surface area (Å²) < 4.78 is 38.6. The van der Waals surface area contributed by atoms with Crippen LogP contribution < -0.4 is 5.32 Å². The van der Waals surface area contributed by atoms with E-state index in [1.807, 2.05) is 19.1 Å². The van der Waals surface area contributed by atoms with Crippen LogP contribution in [-0.4, -0.2) is 24.5 Å². The number of hydrogen-bond acceptors (Lipinski definition) is 3. The second kappa shape index (κ2) is 5.81. The van der Waals surface area contributed by atoms with Crippen LogP contribution in [0.3, 0.4) is 0 Å². The second-order valence-corrected chi connectivity index (χ2v) is 3.25. The van der Waals surface area contributed by atoms with Crippen LogP contribution in [0.2, 0.25) is 0 Å². The van der Waals surface area contributed by atoms with E-state index in [1.54, 1.807) is 12.4 Å². The highest BCUT2D eigenvalue weighted by Gasteiger charge is 2.28. The Morgan fingerprint density at radius 1 is 1.38 bits per heavy atom. The predicted molar refractivity (Wildman–Crippen MR) is 52.7 cm³/mol. The molecule has 1 heterocycles. The average Bonchev–Trinajstić information content (AvgIpc) is 2.24. The van der Waals surface area contributed by atoms with Gasteiger partial charge in [0, 0.05) is 25.0 Å². The Balaban J connectivity index is 2.24. The molecule has 0 amide bonds. The molecule has 16 heavy (non-hydrogen) atoms. The molecule has 1 N–H and O–H groups in total. The van der Waals surface area contributed by atoms with Crippen LogP contribution in [0.25, 0.3) is 0 Å². The smallest absolute Gasteiger partial charge is 0.308 e. The fourth-order valence-corrected chi connectivity index (χ4v) is 1.21. The predicted octanol–water partition coefficient (Wildman–Crippen LogP) is 2.27. The zero-order valence-electron chi connectivity index (χ0n) is 8.79. The first kappa shape index (κ1) is 12.9. The molecule has 1 rings (SSSR count). The van der Waals surface area contributed by atoms with Crippen molar-refractivity contribution in [1.29, 1.82) is 0 Å². The summed E-state index contributed by atoms with van der Waals surface area (Å²) in [5, 5.41) is 2.92. The number of nitrogens with one attached hydrogen (secondary N) is 1. The lowest BCUT2D eigenvalue weighted by Gasteiger charge is -2.14. The van der Waals surface area contributed by atoms with Gasteiger partial charge >= 0.3 is 6.36 Å². The van der Waals surface area contributed by atoms with E-state index in [1.165, 1.54) is 0 Å². The highest BCUT2D eigenvalue weighted by Crippen LogP contribution is 2.15. The highest BCUT2D eigenvalue weighted by molar-refractivity contribution is 5.13. The Kier molecular flexibility index (Phi) is 4.70. The van der Waals surface area contributed by atoms with Gasteiger partial charge in [0.05, 0.1) is 6.61 Å². The molecule has 0 fully saturated rings. The monoisotopic (exact) mass is 234 g/mol. The molecule has 1 aromatic heterocycles. The van der Waals surface area contributed by atoms with Crippen LogP contribution in [0.1, 0.15) is 18.5 Å². The first-order valence-electron chi connectivity index (χ1n) is 4.83. The number of halogens is 3. The number of aromatic nitrogens is 1. The molecule has 90 valence electrons. The van der Waals surface area contributed by atoms with Gasteiger partial charge in [0.1, 0.15) is 0 Å². The topological polar surface area (TPSA) is 34.1 Å². The van der Waals surface area contributed by atoms with Crippen molar-refractivity contribution in [2.75, 3.05) is 13.2 Å². The van der Waals surface area contributed by atoms with Gasteiger partial charge in [-0.05, 0) is 24.6 Å². The molecule has 0 radical (unpaired) electrons. The van der Waals surface area contributed by atoms with Crippen LogP contribution in [0.4, 0.5) is 13.2 Å². The maximum absolute atomic E-state index is 11.6.